The van der Waals surface area contributed by atoms with Crippen LogP contribution in [0.2, 0.25) is 0 Å². The maximum atomic E-state index is 8.36. The maximum Gasteiger partial charge on any atom is 0.290 e. The Balaban J connectivity index is -0.00000146. The fraction of sp³-hybridized carbons (Fsp3) is 0.953. The molecule has 2 N–H and O–H groups in total. The quantitative estimate of drug-likeness (QED) is 0.0365. The van der Waals surface area contributed by atoms with Crippen LogP contribution in [0.15, 0.2) is 0 Å². The molecule has 0 aliphatic rings. The van der Waals surface area contributed by atoms with Crippen LogP contribution in [0.1, 0.15) is 226 Å². The van der Waals surface area contributed by atoms with Crippen molar-refractivity contribution in [1.29, 1.82) is 0 Å². The fourth-order valence-corrected chi connectivity index (χ4v) is 6.93. The second-order valence-electron chi connectivity index (χ2n) is 14.5. The molecule has 0 heterocycles. The first-order valence-corrected chi connectivity index (χ1v) is 21.7. The van der Waals surface area contributed by atoms with Gasteiger partial charge in [0, 0.05) is 45.9 Å². The Kier molecular flexibility index (Phi) is 64.0. The van der Waals surface area contributed by atoms with Crippen LogP contribution in [-0.2, 0) is 47.1 Å². The van der Waals surface area contributed by atoms with Crippen LogP contribution in [-0.4, -0.2) is 61.3 Å². The average Bonchev–Trinajstić information content (AvgIpc) is 3.11. The number of hydrogen-bond acceptors (Lipinski definition) is 4. The van der Waals surface area contributed by atoms with Crippen LogP contribution in [0.5, 0.6) is 0 Å². The zero-order valence-electron chi connectivity index (χ0n) is 34.8. The molecule has 0 bridgehead atoms. The predicted octanol–water partition coefficient (Wildman–Crippen LogP) is 13.8. The molecule has 7 nitrogen and oxygen atoms in total. The molecule has 0 aliphatic carbocycles. The molecule has 0 saturated heterocycles. The zero-order chi connectivity index (χ0) is 37.4. The number of hydrogen-bond donors (Lipinski definition) is 2. The van der Waals surface area contributed by atoms with Crippen molar-refractivity contribution in [1.82, 2.24) is 4.90 Å². The van der Waals surface area contributed by atoms with E-state index in [4.69, 9.17) is 24.6 Å². The third-order valence-electron chi connectivity index (χ3n) is 9.97. The summed E-state index contributed by atoms with van der Waals surface area (Å²) in [4.78, 5) is 24.7. The minimum Gasteiger partial charge on any atom is -0.537 e. The van der Waals surface area contributed by atoms with E-state index < -0.39 is 0 Å². The minimum absolute atomic E-state index is 0. The molecule has 8 heteroatoms. The minimum atomic E-state index is -0.250. The molecule has 0 rings (SSSR count). The molecule has 0 aliphatic heterocycles. The molecule has 51 heavy (non-hydrogen) atoms. The number of unbranched alkanes of at least 4 members (excludes halogenated alkanes) is 25. The number of carbonyl (C=O) groups is 2. The third kappa shape index (κ3) is 56.8. The van der Waals surface area contributed by atoms with Gasteiger partial charge < -0.3 is 25.4 Å². The van der Waals surface area contributed by atoms with Crippen molar-refractivity contribution in [3.8, 4) is 0 Å². The van der Waals surface area contributed by atoms with Gasteiger partial charge in [-0.2, -0.15) is 0 Å². The molecule has 0 fully saturated rings. The fourth-order valence-electron chi connectivity index (χ4n) is 6.93. The van der Waals surface area contributed by atoms with E-state index in [-0.39, 0.29) is 45.7 Å². The number of carboxylic acid groups (broad SMARTS) is 2. The predicted molar refractivity (Wildman–Crippen MR) is 217 cm³/mol. The number of nitrogens with zero attached hydrogens (tertiary/aromatic N) is 2. The summed E-state index contributed by atoms with van der Waals surface area (Å²) in [7, 11) is 1.75. The van der Waals surface area contributed by atoms with Crippen molar-refractivity contribution in [2.75, 3.05) is 33.3 Å². The van der Waals surface area contributed by atoms with Gasteiger partial charge in [0.15, 0.2) is 0 Å². The van der Waals surface area contributed by atoms with Crippen LogP contribution in [0.25, 0.3) is 5.48 Å². The van der Waals surface area contributed by atoms with E-state index in [1.165, 1.54) is 219 Å². The molecular weight excluding hydrogens is 713 g/mol. The van der Waals surface area contributed by atoms with Gasteiger partial charge in [-0.3, -0.25) is 9.59 Å². The first-order chi connectivity index (χ1) is 24.6. The first-order valence-electron chi connectivity index (χ1n) is 21.7. The van der Waals surface area contributed by atoms with E-state index >= 15 is 0 Å². The van der Waals surface area contributed by atoms with Gasteiger partial charge in [-0.15, -0.1) is 7.05 Å². The van der Waals surface area contributed by atoms with Crippen molar-refractivity contribution < 1.29 is 57.3 Å². The molecular formula is C43H89N2O5Y-. The second-order valence-corrected chi connectivity index (χ2v) is 14.5. The Bertz CT molecular complexity index is 581. The molecule has 0 aromatic rings. The molecule has 0 unspecified atom stereocenters. The van der Waals surface area contributed by atoms with E-state index in [1.807, 2.05) is 0 Å². The molecule has 0 amide bonds. The second kappa shape index (κ2) is 56.7. The topological polar surface area (TPSA) is 101 Å². The van der Waals surface area contributed by atoms with Crippen LogP contribution in [0, 0.1) is 5.92 Å². The van der Waals surface area contributed by atoms with Gasteiger partial charge in [-0.05, 0) is 31.8 Å². The van der Waals surface area contributed by atoms with E-state index in [0.717, 1.165) is 19.1 Å². The molecule has 0 aromatic carbocycles. The third-order valence-corrected chi connectivity index (χ3v) is 9.97. The Morgan fingerprint density at radius 3 is 1.00 bits per heavy atom. The SMILES string of the molecule is CCCCCCCCCCCCCCN(CCCCCCCC(CCCCCCCC)CCCCCCCC)CCO[N-]C.O=CO.O=CO.[Y]. The first kappa shape index (κ1) is 57.6. The smallest absolute Gasteiger partial charge is 0.290 e. The monoisotopic (exact) mass is 803 g/mol. The van der Waals surface area contributed by atoms with E-state index in [9.17, 15) is 0 Å². The van der Waals surface area contributed by atoms with Crippen molar-refractivity contribution in [3.05, 3.63) is 5.48 Å². The van der Waals surface area contributed by atoms with Gasteiger partial charge in [-0.25, -0.2) is 0 Å². The molecule has 1 radical (unpaired) electrons. The summed E-state index contributed by atoms with van der Waals surface area (Å²) in [5.41, 5.74) is 3.86. The summed E-state index contributed by atoms with van der Waals surface area (Å²) in [6.45, 7) is 10.7. The molecule has 305 valence electrons. The van der Waals surface area contributed by atoms with E-state index in [1.54, 1.807) is 7.05 Å². The Morgan fingerprint density at radius 2 is 0.725 bits per heavy atom. The maximum absolute atomic E-state index is 8.36. The van der Waals surface area contributed by atoms with Crippen LogP contribution >= 0.6 is 0 Å². The number of hydroxylamine groups is 1. The van der Waals surface area contributed by atoms with E-state index in [0.29, 0.717) is 0 Å². The zero-order valence-corrected chi connectivity index (χ0v) is 37.6. The van der Waals surface area contributed by atoms with Gasteiger partial charge in [-0.1, -0.05) is 213 Å². The van der Waals surface area contributed by atoms with Crippen molar-refractivity contribution in [3.63, 3.8) is 0 Å². The van der Waals surface area contributed by atoms with Crippen LogP contribution < -0.4 is 0 Å². The Labute approximate surface area is 344 Å². The largest absolute Gasteiger partial charge is 0.537 e. The summed E-state index contributed by atoms with van der Waals surface area (Å²) in [5.74, 6) is 1.00. The van der Waals surface area contributed by atoms with Crippen LogP contribution in [0.4, 0.5) is 0 Å². The summed E-state index contributed by atoms with van der Waals surface area (Å²) < 4.78 is 0. The van der Waals surface area contributed by atoms with Gasteiger partial charge in [0.2, 0.25) is 0 Å². The normalized spacial score (nSPS) is 10.7. The van der Waals surface area contributed by atoms with Gasteiger partial charge in [0.25, 0.3) is 12.9 Å². The van der Waals surface area contributed by atoms with Crippen molar-refractivity contribution in [2.24, 2.45) is 5.92 Å². The van der Waals surface area contributed by atoms with Gasteiger partial charge in [0.05, 0.1) is 0 Å². The average molecular weight is 803 g/mol. The summed E-state index contributed by atoms with van der Waals surface area (Å²) >= 11 is 0. The molecule has 0 spiro atoms. The van der Waals surface area contributed by atoms with Crippen molar-refractivity contribution >= 4 is 12.9 Å². The van der Waals surface area contributed by atoms with Crippen LogP contribution in [0.3, 0.4) is 0 Å². The number of rotatable bonds is 39. The van der Waals surface area contributed by atoms with Gasteiger partial charge >= 0.3 is 0 Å². The summed E-state index contributed by atoms with van der Waals surface area (Å²) in [5, 5.41) is 13.8. The summed E-state index contributed by atoms with van der Waals surface area (Å²) in [6.07, 6.45) is 46.0. The summed E-state index contributed by atoms with van der Waals surface area (Å²) in [6, 6.07) is 0. The van der Waals surface area contributed by atoms with E-state index in [2.05, 4.69) is 31.2 Å². The van der Waals surface area contributed by atoms with Crippen molar-refractivity contribution in [2.45, 2.75) is 226 Å². The van der Waals surface area contributed by atoms with Gasteiger partial charge in [0.1, 0.15) is 0 Å². The molecule has 0 aromatic heterocycles. The standard InChI is InChI=1S/C41H85N2O.2CH2O2.Y/c1-5-8-11-14-17-18-19-20-21-22-27-32-37-43(39-40-44-42-4)38-33-28-23-26-31-36-41(34-29-24-15-12-9-6-2)35-30-25-16-13-10-7-3;2*2-1-3;/h41H,5-40H2,1-4H3;2*1H,(H,2,3);/q-1;;;. The molecule has 0 atom stereocenters. The Morgan fingerprint density at radius 1 is 0.471 bits per heavy atom. The molecule has 0 saturated carbocycles. The Hall–Kier alpha value is -0.0761.